The third-order valence-electron chi connectivity index (χ3n) is 6.82. The molecule has 3 amide bonds. The third kappa shape index (κ3) is 6.25. The SMILES string of the molecule is O=C(NCc1ccccc1-c1ccc(Cn2cccn2)cc1)C1CCN(C(=O)Nc2ccccc2)CC1. The molecule has 1 aliphatic heterocycles. The minimum absolute atomic E-state index is 0.0486. The molecule has 1 saturated heterocycles. The molecule has 4 aromatic rings. The largest absolute Gasteiger partial charge is 0.352 e. The van der Waals surface area contributed by atoms with Crippen molar-refractivity contribution < 1.29 is 9.59 Å². The van der Waals surface area contributed by atoms with Gasteiger partial charge >= 0.3 is 6.03 Å². The highest BCUT2D eigenvalue weighted by Crippen LogP contribution is 2.25. The van der Waals surface area contributed by atoms with Crippen LogP contribution in [0.4, 0.5) is 10.5 Å². The predicted molar refractivity (Wildman–Crippen MR) is 145 cm³/mol. The second kappa shape index (κ2) is 11.6. The third-order valence-corrected chi connectivity index (χ3v) is 6.82. The van der Waals surface area contributed by atoms with E-state index < -0.39 is 0 Å². The molecule has 0 saturated carbocycles. The second-order valence-corrected chi connectivity index (χ2v) is 9.33. The number of nitrogens with one attached hydrogen (secondary N) is 2. The van der Waals surface area contributed by atoms with Gasteiger partial charge in [0.1, 0.15) is 0 Å². The zero-order valence-electron chi connectivity index (χ0n) is 20.7. The lowest BCUT2D eigenvalue weighted by molar-refractivity contribution is -0.126. The number of aromatic nitrogens is 2. The van der Waals surface area contributed by atoms with E-state index in [0.717, 1.165) is 28.9 Å². The van der Waals surface area contributed by atoms with Gasteiger partial charge < -0.3 is 15.5 Å². The molecule has 0 aliphatic carbocycles. The van der Waals surface area contributed by atoms with Crippen molar-refractivity contribution in [2.24, 2.45) is 5.92 Å². The van der Waals surface area contributed by atoms with Crippen molar-refractivity contribution in [3.05, 3.63) is 108 Å². The summed E-state index contributed by atoms with van der Waals surface area (Å²) in [7, 11) is 0. The van der Waals surface area contributed by atoms with Gasteiger partial charge in [-0.1, -0.05) is 66.7 Å². The Morgan fingerprint density at radius 2 is 1.59 bits per heavy atom. The number of piperidine rings is 1. The first kappa shape index (κ1) is 24.3. The molecule has 2 heterocycles. The average Bonchev–Trinajstić information content (AvgIpc) is 3.46. The van der Waals surface area contributed by atoms with Crippen LogP contribution in [0, 0.1) is 5.92 Å². The smallest absolute Gasteiger partial charge is 0.321 e. The molecule has 1 aromatic heterocycles. The highest BCUT2D eigenvalue weighted by Gasteiger charge is 2.27. The highest BCUT2D eigenvalue weighted by molar-refractivity contribution is 5.89. The molecule has 5 rings (SSSR count). The van der Waals surface area contributed by atoms with Crippen molar-refractivity contribution in [2.75, 3.05) is 18.4 Å². The van der Waals surface area contributed by atoms with Crippen LogP contribution < -0.4 is 10.6 Å². The number of carbonyl (C=O) groups is 2. The van der Waals surface area contributed by atoms with Crippen LogP contribution in [0.1, 0.15) is 24.0 Å². The van der Waals surface area contributed by atoms with Crippen LogP contribution in [0.2, 0.25) is 0 Å². The fourth-order valence-electron chi connectivity index (χ4n) is 4.72. The van der Waals surface area contributed by atoms with E-state index in [-0.39, 0.29) is 17.9 Å². The van der Waals surface area contributed by atoms with Gasteiger partial charge in [0, 0.05) is 43.6 Å². The number of carbonyl (C=O) groups excluding carboxylic acids is 2. The summed E-state index contributed by atoms with van der Waals surface area (Å²) < 4.78 is 1.90. The van der Waals surface area contributed by atoms with E-state index in [1.807, 2.05) is 59.4 Å². The molecule has 1 aliphatic rings. The number of para-hydroxylation sites is 1. The maximum absolute atomic E-state index is 12.9. The Kier molecular flexibility index (Phi) is 7.60. The minimum Gasteiger partial charge on any atom is -0.352 e. The van der Waals surface area contributed by atoms with Gasteiger partial charge in [0.05, 0.1) is 6.54 Å². The number of amides is 3. The number of nitrogens with zero attached hydrogens (tertiary/aromatic N) is 3. The Morgan fingerprint density at radius 1 is 0.865 bits per heavy atom. The monoisotopic (exact) mass is 493 g/mol. The Balaban J connectivity index is 1.14. The van der Waals surface area contributed by atoms with Crippen LogP contribution in [0.25, 0.3) is 11.1 Å². The number of hydrogen-bond donors (Lipinski definition) is 2. The molecule has 0 radical (unpaired) electrons. The van der Waals surface area contributed by atoms with Crippen molar-refractivity contribution in [3.63, 3.8) is 0 Å². The molecule has 0 bridgehead atoms. The standard InChI is InChI=1S/C30H31N5O2/c36-29(25-15-19-34(20-16-25)30(37)33-27-8-2-1-3-9-27)31-21-26-7-4-5-10-28(26)24-13-11-23(12-14-24)22-35-18-6-17-32-35/h1-14,17-18,25H,15-16,19-22H2,(H,31,36)(H,33,37). The van der Waals surface area contributed by atoms with Crippen LogP contribution in [-0.2, 0) is 17.9 Å². The summed E-state index contributed by atoms with van der Waals surface area (Å²) in [6.45, 7) is 2.34. The van der Waals surface area contributed by atoms with Crippen LogP contribution in [0.5, 0.6) is 0 Å². The first-order valence-corrected chi connectivity index (χ1v) is 12.7. The molecular weight excluding hydrogens is 462 g/mol. The first-order chi connectivity index (χ1) is 18.2. The summed E-state index contributed by atoms with van der Waals surface area (Å²) in [6, 6.07) is 27.9. The molecule has 7 heteroatoms. The summed E-state index contributed by atoms with van der Waals surface area (Å²) in [5.41, 5.74) is 5.27. The van der Waals surface area contributed by atoms with Gasteiger partial charge in [-0.3, -0.25) is 9.48 Å². The van der Waals surface area contributed by atoms with Gasteiger partial charge in [-0.2, -0.15) is 5.10 Å². The number of likely N-dealkylation sites (tertiary alicyclic amines) is 1. The Hall–Kier alpha value is -4.39. The summed E-state index contributed by atoms with van der Waals surface area (Å²) in [6.07, 6.45) is 5.06. The predicted octanol–water partition coefficient (Wildman–Crippen LogP) is 5.16. The Bertz CT molecular complexity index is 1310. The lowest BCUT2D eigenvalue weighted by Gasteiger charge is -2.31. The lowest BCUT2D eigenvalue weighted by Crippen LogP contribution is -2.44. The van der Waals surface area contributed by atoms with Crippen LogP contribution in [-0.4, -0.2) is 39.7 Å². The number of rotatable bonds is 7. The molecule has 0 spiro atoms. The van der Waals surface area contributed by atoms with Crippen molar-refractivity contribution in [3.8, 4) is 11.1 Å². The molecule has 188 valence electrons. The van der Waals surface area contributed by atoms with E-state index >= 15 is 0 Å². The minimum atomic E-state index is -0.116. The molecule has 0 atom stereocenters. The fourth-order valence-corrected chi connectivity index (χ4v) is 4.72. The Morgan fingerprint density at radius 3 is 2.32 bits per heavy atom. The average molecular weight is 494 g/mol. The summed E-state index contributed by atoms with van der Waals surface area (Å²) in [5.74, 6) is -0.0398. The van der Waals surface area contributed by atoms with Crippen molar-refractivity contribution in [2.45, 2.75) is 25.9 Å². The number of urea groups is 1. The molecule has 2 N–H and O–H groups in total. The molecular formula is C30H31N5O2. The molecule has 37 heavy (non-hydrogen) atoms. The van der Waals surface area contributed by atoms with Gasteiger partial charge in [-0.05, 0) is 53.3 Å². The number of benzene rings is 3. The maximum Gasteiger partial charge on any atom is 0.321 e. The van der Waals surface area contributed by atoms with Crippen LogP contribution in [0.3, 0.4) is 0 Å². The van der Waals surface area contributed by atoms with Crippen molar-refractivity contribution >= 4 is 17.6 Å². The van der Waals surface area contributed by atoms with Crippen LogP contribution >= 0.6 is 0 Å². The normalized spacial score (nSPS) is 13.8. The molecule has 7 nitrogen and oxygen atoms in total. The highest BCUT2D eigenvalue weighted by atomic mass is 16.2. The van der Waals surface area contributed by atoms with Gasteiger partial charge in [-0.25, -0.2) is 4.79 Å². The number of hydrogen-bond acceptors (Lipinski definition) is 3. The van der Waals surface area contributed by atoms with E-state index in [9.17, 15) is 9.59 Å². The lowest BCUT2D eigenvalue weighted by atomic mass is 9.95. The molecule has 1 fully saturated rings. The quantitative estimate of drug-likeness (QED) is 0.373. The Labute approximate surface area is 217 Å². The van der Waals surface area contributed by atoms with E-state index in [1.54, 1.807) is 11.1 Å². The van der Waals surface area contributed by atoms with Crippen molar-refractivity contribution in [1.29, 1.82) is 0 Å². The second-order valence-electron chi connectivity index (χ2n) is 9.33. The summed E-state index contributed by atoms with van der Waals surface area (Å²) in [5, 5.41) is 10.3. The summed E-state index contributed by atoms with van der Waals surface area (Å²) in [4.78, 5) is 27.3. The number of anilines is 1. The fraction of sp³-hybridized carbons (Fsp3) is 0.233. The van der Waals surface area contributed by atoms with Gasteiger partial charge in [-0.15, -0.1) is 0 Å². The summed E-state index contributed by atoms with van der Waals surface area (Å²) >= 11 is 0. The van der Waals surface area contributed by atoms with Gasteiger partial charge in [0.15, 0.2) is 0 Å². The van der Waals surface area contributed by atoms with E-state index in [0.29, 0.717) is 32.5 Å². The zero-order valence-corrected chi connectivity index (χ0v) is 20.7. The van der Waals surface area contributed by atoms with Crippen molar-refractivity contribution in [1.82, 2.24) is 20.0 Å². The van der Waals surface area contributed by atoms with E-state index in [1.165, 1.54) is 5.56 Å². The molecule has 0 unspecified atom stereocenters. The van der Waals surface area contributed by atoms with E-state index in [4.69, 9.17) is 0 Å². The first-order valence-electron chi connectivity index (χ1n) is 12.7. The van der Waals surface area contributed by atoms with Gasteiger partial charge in [0.2, 0.25) is 5.91 Å². The van der Waals surface area contributed by atoms with Crippen LogP contribution in [0.15, 0.2) is 97.3 Å². The van der Waals surface area contributed by atoms with E-state index in [2.05, 4.69) is 52.1 Å². The molecule has 3 aromatic carbocycles. The van der Waals surface area contributed by atoms with Gasteiger partial charge in [0.25, 0.3) is 0 Å². The maximum atomic E-state index is 12.9. The topological polar surface area (TPSA) is 79.3 Å². The zero-order chi connectivity index (χ0) is 25.5.